The molecule has 0 aliphatic carbocycles. The van der Waals surface area contributed by atoms with Crippen LogP contribution in [-0.4, -0.2) is 14.2 Å². The number of anilines is 3. The van der Waals surface area contributed by atoms with Crippen LogP contribution in [0, 0.1) is 0 Å². The normalized spacial score (nSPS) is 11.5. The predicted octanol–water partition coefficient (Wildman–Crippen LogP) is 17.1. The maximum Gasteiger partial charge on any atom is 0.119 e. The molecule has 12 rings (SSSR count). The SMILES string of the molecule is COc1ccc2cc(-c3c4ccccc4c(-c4ccc5cc(OC)ccc5c4)c4cc5c(cc34)c(-c3ccccc3)c(N(c3ccccc3)c3ccccc3)c3ccccc35)ccc2c1. The van der Waals surface area contributed by atoms with Gasteiger partial charge in [0.2, 0.25) is 0 Å². The Morgan fingerprint density at radius 2 is 0.677 bits per heavy atom. The van der Waals surface area contributed by atoms with Crippen molar-refractivity contribution in [3.05, 3.63) is 224 Å². The Kier molecular flexibility index (Phi) is 9.28. The van der Waals surface area contributed by atoms with Gasteiger partial charge in [-0.3, -0.25) is 0 Å². The molecular weight excluding hydrogens is 791 g/mol. The molecule has 0 fully saturated rings. The molecule has 0 atom stereocenters. The lowest BCUT2D eigenvalue weighted by molar-refractivity contribution is 0.415. The Hall–Kier alpha value is -8.40. The van der Waals surface area contributed by atoms with E-state index >= 15 is 0 Å². The molecule has 0 unspecified atom stereocenters. The minimum atomic E-state index is 0.849. The summed E-state index contributed by atoms with van der Waals surface area (Å²) in [6, 6.07) is 81.9. The van der Waals surface area contributed by atoms with E-state index in [0.29, 0.717) is 0 Å². The van der Waals surface area contributed by atoms with Crippen LogP contribution in [0.4, 0.5) is 17.1 Å². The summed E-state index contributed by atoms with van der Waals surface area (Å²) in [5.41, 5.74) is 10.4. The quantitative estimate of drug-likeness (QED) is 0.112. The molecule has 0 amide bonds. The molecule has 65 heavy (non-hydrogen) atoms. The molecule has 0 aliphatic heterocycles. The van der Waals surface area contributed by atoms with E-state index in [1.54, 1.807) is 14.2 Å². The van der Waals surface area contributed by atoms with Crippen molar-refractivity contribution in [1.82, 2.24) is 0 Å². The average Bonchev–Trinajstić information content (AvgIpc) is 3.37. The van der Waals surface area contributed by atoms with Crippen molar-refractivity contribution in [2.75, 3.05) is 19.1 Å². The molecular formula is C62H43NO2. The molecule has 0 aromatic heterocycles. The van der Waals surface area contributed by atoms with E-state index in [-0.39, 0.29) is 0 Å². The fourth-order valence-corrected chi connectivity index (χ4v) is 10.2. The second-order valence-electron chi connectivity index (χ2n) is 16.7. The third-order valence-corrected chi connectivity index (χ3v) is 13.1. The summed E-state index contributed by atoms with van der Waals surface area (Å²) in [5.74, 6) is 1.70. The van der Waals surface area contributed by atoms with Crippen molar-refractivity contribution in [2.24, 2.45) is 0 Å². The van der Waals surface area contributed by atoms with Crippen LogP contribution >= 0.6 is 0 Å². The molecule has 0 N–H and O–H groups in total. The van der Waals surface area contributed by atoms with Crippen molar-refractivity contribution >= 4 is 81.7 Å². The van der Waals surface area contributed by atoms with E-state index in [2.05, 4.69) is 229 Å². The second-order valence-corrected chi connectivity index (χ2v) is 16.7. The lowest BCUT2D eigenvalue weighted by Crippen LogP contribution is -2.12. The minimum Gasteiger partial charge on any atom is -0.497 e. The van der Waals surface area contributed by atoms with E-state index in [9.17, 15) is 0 Å². The van der Waals surface area contributed by atoms with Crippen molar-refractivity contribution in [3.63, 3.8) is 0 Å². The fraction of sp³-hybridized carbons (Fsp3) is 0.0323. The van der Waals surface area contributed by atoms with E-state index in [4.69, 9.17) is 9.47 Å². The van der Waals surface area contributed by atoms with Gasteiger partial charge in [0, 0.05) is 22.3 Å². The highest BCUT2D eigenvalue weighted by Crippen LogP contribution is 2.53. The zero-order chi connectivity index (χ0) is 43.4. The molecule has 0 bridgehead atoms. The summed E-state index contributed by atoms with van der Waals surface area (Å²) in [6.45, 7) is 0. The van der Waals surface area contributed by atoms with Crippen LogP contribution in [0.2, 0.25) is 0 Å². The van der Waals surface area contributed by atoms with Gasteiger partial charge >= 0.3 is 0 Å². The number of hydrogen-bond acceptors (Lipinski definition) is 3. The Bertz CT molecular complexity index is 3750. The molecule has 12 aromatic rings. The smallest absolute Gasteiger partial charge is 0.119 e. The highest BCUT2D eigenvalue weighted by molar-refractivity contribution is 6.30. The third kappa shape index (κ3) is 6.43. The Balaban J connectivity index is 1.28. The summed E-state index contributed by atoms with van der Waals surface area (Å²) < 4.78 is 11.3. The molecule has 12 aromatic carbocycles. The zero-order valence-corrected chi connectivity index (χ0v) is 36.1. The predicted molar refractivity (Wildman–Crippen MR) is 276 cm³/mol. The first-order chi connectivity index (χ1) is 32.1. The Morgan fingerprint density at radius 1 is 0.277 bits per heavy atom. The first-order valence-electron chi connectivity index (χ1n) is 22.1. The Morgan fingerprint density at radius 3 is 1.18 bits per heavy atom. The van der Waals surface area contributed by atoms with Gasteiger partial charge in [-0.1, -0.05) is 152 Å². The van der Waals surface area contributed by atoms with E-state index in [1.807, 2.05) is 0 Å². The molecule has 0 aliphatic rings. The van der Waals surface area contributed by atoms with Crippen molar-refractivity contribution in [2.45, 2.75) is 0 Å². The lowest BCUT2D eigenvalue weighted by atomic mass is 9.82. The van der Waals surface area contributed by atoms with Gasteiger partial charge in [-0.15, -0.1) is 0 Å². The molecule has 3 heteroatoms. The monoisotopic (exact) mass is 833 g/mol. The van der Waals surface area contributed by atoms with Gasteiger partial charge in [0.25, 0.3) is 0 Å². The average molecular weight is 834 g/mol. The van der Waals surface area contributed by atoms with Crippen molar-refractivity contribution < 1.29 is 9.47 Å². The highest BCUT2D eigenvalue weighted by atomic mass is 16.5. The molecule has 0 saturated heterocycles. The topological polar surface area (TPSA) is 21.7 Å². The van der Waals surface area contributed by atoms with Crippen LogP contribution in [0.5, 0.6) is 11.5 Å². The van der Waals surface area contributed by atoms with Crippen LogP contribution in [0.1, 0.15) is 0 Å². The van der Waals surface area contributed by atoms with Crippen LogP contribution in [0.15, 0.2) is 224 Å². The summed E-state index contributed by atoms with van der Waals surface area (Å²) in [4.78, 5) is 2.45. The lowest BCUT2D eigenvalue weighted by Gasteiger charge is -2.31. The van der Waals surface area contributed by atoms with Gasteiger partial charge in [-0.05, 0) is 160 Å². The van der Waals surface area contributed by atoms with Gasteiger partial charge in [0.15, 0.2) is 0 Å². The van der Waals surface area contributed by atoms with Crippen LogP contribution in [0.3, 0.4) is 0 Å². The number of methoxy groups -OCH3 is 2. The van der Waals surface area contributed by atoms with Crippen LogP contribution in [-0.2, 0) is 0 Å². The van der Waals surface area contributed by atoms with Gasteiger partial charge < -0.3 is 14.4 Å². The summed E-state index contributed by atoms with van der Waals surface area (Å²) in [5, 5.41) is 14.2. The number of ether oxygens (including phenoxy) is 2. The molecule has 3 nitrogen and oxygen atoms in total. The van der Waals surface area contributed by atoms with Crippen molar-refractivity contribution in [1.29, 1.82) is 0 Å². The Labute approximate surface area is 378 Å². The summed E-state index contributed by atoms with van der Waals surface area (Å²) >= 11 is 0. The van der Waals surface area contributed by atoms with Gasteiger partial charge in [0.05, 0.1) is 19.9 Å². The number of hydrogen-bond donors (Lipinski definition) is 0. The molecule has 308 valence electrons. The number of rotatable bonds is 8. The molecule has 0 radical (unpaired) electrons. The summed E-state index contributed by atoms with van der Waals surface area (Å²) in [6.07, 6.45) is 0. The second kappa shape index (κ2) is 15.7. The number of benzene rings is 12. The van der Waals surface area contributed by atoms with E-state index in [1.165, 1.54) is 70.7 Å². The van der Waals surface area contributed by atoms with Crippen LogP contribution < -0.4 is 14.4 Å². The third-order valence-electron chi connectivity index (χ3n) is 13.1. The maximum absolute atomic E-state index is 5.64. The minimum absolute atomic E-state index is 0.849. The van der Waals surface area contributed by atoms with E-state index in [0.717, 1.165) is 55.8 Å². The summed E-state index contributed by atoms with van der Waals surface area (Å²) in [7, 11) is 3.45. The first-order valence-corrected chi connectivity index (χ1v) is 22.1. The number of fused-ring (bicyclic) bond motifs is 7. The van der Waals surface area contributed by atoms with Gasteiger partial charge in [0.1, 0.15) is 11.5 Å². The van der Waals surface area contributed by atoms with Gasteiger partial charge in [-0.25, -0.2) is 0 Å². The first kappa shape index (κ1) is 38.3. The fourth-order valence-electron chi connectivity index (χ4n) is 10.2. The molecule has 0 saturated carbocycles. The molecule has 0 spiro atoms. The zero-order valence-electron chi connectivity index (χ0n) is 36.1. The number of para-hydroxylation sites is 2. The molecule has 0 heterocycles. The maximum atomic E-state index is 5.64. The van der Waals surface area contributed by atoms with Crippen molar-refractivity contribution in [3.8, 4) is 44.9 Å². The number of nitrogens with zero attached hydrogens (tertiary/aromatic N) is 1. The van der Waals surface area contributed by atoms with Gasteiger partial charge in [-0.2, -0.15) is 0 Å². The standard InChI is InChI=1S/C62H43NO2/c1-64-49-32-30-41-34-45(28-26-43(41)36-49)59-52-23-13-14-24-53(52)60(46-29-27-44-37-50(65-2)33-31-42(44)35-46)58-39-56-55(38-57(58)59)51-22-12-15-25-54(51)62(61(56)40-16-6-3-7-17-40)63(47-18-8-4-9-19-47)48-20-10-5-11-21-48/h3-39H,1-2H3. The largest absolute Gasteiger partial charge is 0.497 e. The van der Waals surface area contributed by atoms with Crippen LogP contribution in [0.25, 0.3) is 98.0 Å². The van der Waals surface area contributed by atoms with E-state index < -0.39 is 0 Å². The highest BCUT2D eigenvalue weighted by Gasteiger charge is 2.26.